The average molecular weight is 467 g/mol. The Labute approximate surface area is 172 Å². The van der Waals surface area contributed by atoms with E-state index in [1.54, 1.807) is 0 Å². The molecule has 0 aliphatic heterocycles. The van der Waals surface area contributed by atoms with Crippen LogP contribution < -0.4 is 10.7 Å². The van der Waals surface area contributed by atoms with E-state index in [9.17, 15) is 0 Å². The Balaban J connectivity index is 2.13. The molecule has 4 rings (SSSR count). The summed E-state index contributed by atoms with van der Waals surface area (Å²) in [5.41, 5.74) is 1.33. The average Bonchev–Trinajstić information content (AvgIpc) is 2.80. The first-order chi connectivity index (χ1) is 13.9. The third-order valence-corrected chi connectivity index (χ3v) is 19.6. The van der Waals surface area contributed by atoms with Gasteiger partial charge in [0.05, 0.1) is 0 Å². The molecular weight excluding hydrogens is 443 g/mol. The van der Waals surface area contributed by atoms with E-state index in [1.807, 2.05) is 0 Å². The Morgan fingerprint density at radius 2 is 0.821 bits per heavy atom. The van der Waals surface area contributed by atoms with E-state index in [0.717, 1.165) is 0 Å². The van der Waals surface area contributed by atoms with Crippen molar-refractivity contribution < 1.29 is 0 Å². The molecule has 1 heteroatoms. The molecule has 136 valence electrons. The Morgan fingerprint density at radius 1 is 0.500 bits per heavy atom. The molecule has 0 bridgehead atoms. The summed E-state index contributed by atoms with van der Waals surface area (Å²) in [5.74, 6) is 0. The van der Waals surface area contributed by atoms with Crippen LogP contribution in [0.5, 0.6) is 0 Å². The molecule has 0 aliphatic rings. The molecule has 0 unspecified atom stereocenters. The molecule has 0 atom stereocenters. The van der Waals surface area contributed by atoms with Gasteiger partial charge in [-0.25, -0.2) is 0 Å². The summed E-state index contributed by atoms with van der Waals surface area (Å²) < 4.78 is 5.93. The van der Waals surface area contributed by atoms with Crippen LogP contribution in [0.2, 0.25) is 0 Å². The van der Waals surface area contributed by atoms with Crippen LogP contribution in [0.4, 0.5) is 0 Å². The van der Waals surface area contributed by atoms with Crippen LogP contribution in [0.25, 0.3) is 3.59 Å². The monoisotopic (exact) mass is 468 g/mol. The molecule has 0 spiro atoms. The van der Waals surface area contributed by atoms with E-state index >= 15 is 0 Å². The molecule has 28 heavy (non-hydrogen) atoms. The SMILES string of the molecule is C/C=[C](/c1ccccc1)[Sn]([c]1ccccc1)([c]1ccccc1)[c]1ccccc1. The van der Waals surface area contributed by atoms with Crippen LogP contribution >= 0.6 is 0 Å². The van der Waals surface area contributed by atoms with Gasteiger partial charge in [0.15, 0.2) is 0 Å². The minimum absolute atomic E-state index is 1.33. The second kappa shape index (κ2) is 8.62. The van der Waals surface area contributed by atoms with Gasteiger partial charge < -0.3 is 0 Å². The van der Waals surface area contributed by atoms with Gasteiger partial charge in [0.2, 0.25) is 0 Å². The zero-order valence-corrected chi connectivity index (χ0v) is 19.0. The third-order valence-electron chi connectivity index (χ3n) is 5.40. The molecule has 0 aliphatic carbocycles. The topological polar surface area (TPSA) is 0 Å². The predicted octanol–water partition coefficient (Wildman–Crippen LogP) is 4.80. The van der Waals surface area contributed by atoms with Gasteiger partial charge in [-0.3, -0.25) is 0 Å². The molecule has 0 saturated heterocycles. The molecule has 0 heterocycles. The first-order valence-corrected chi connectivity index (χ1v) is 15.5. The predicted molar refractivity (Wildman–Crippen MR) is 124 cm³/mol. The van der Waals surface area contributed by atoms with Gasteiger partial charge >= 0.3 is 173 Å². The van der Waals surface area contributed by atoms with Crippen molar-refractivity contribution in [1.29, 1.82) is 0 Å². The van der Waals surface area contributed by atoms with Gasteiger partial charge in [0.1, 0.15) is 0 Å². The Bertz CT molecular complexity index is 940. The summed E-state index contributed by atoms with van der Waals surface area (Å²) in [5, 5.41) is 0. The first-order valence-electron chi connectivity index (χ1n) is 9.76. The van der Waals surface area contributed by atoms with E-state index in [0.29, 0.717) is 0 Å². The van der Waals surface area contributed by atoms with Crippen LogP contribution in [0.1, 0.15) is 12.5 Å². The van der Waals surface area contributed by atoms with E-state index in [1.165, 1.54) is 19.9 Å². The summed E-state index contributed by atoms with van der Waals surface area (Å²) in [6, 6.07) is 44.4. The van der Waals surface area contributed by atoms with Crippen LogP contribution in [0.3, 0.4) is 0 Å². The molecule has 0 amide bonds. The van der Waals surface area contributed by atoms with Gasteiger partial charge in [0.25, 0.3) is 0 Å². The van der Waals surface area contributed by atoms with Crippen molar-refractivity contribution in [3.05, 3.63) is 133 Å². The second-order valence-corrected chi connectivity index (χ2v) is 17.7. The Hall–Kier alpha value is -2.58. The summed E-state index contributed by atoms with van der Waals surface area (Å²) in [4.78, 5) is 0. The van der Waals surface area contributed by atoms with Gasteiger partial charge in [-0.15, -0.1) is 0 Å². The van der Waals surface area contributed by atoms with Gasteiger partial charge in [-0.2, -0.15) is 0 Å². The normalized spacial score (nSPS) is 12.0. The maximum absolute atomic E-state index is 3.48. The van der Waals surface area contributed by atoms with Crippen molar-refractivity contribution in [2.75, 3.05) is 0 Å². The van der Waals surface area contributed by atoms with Crippen molar-refractivity contribution in [3.8, 4) is 0 Å². The van der Waals surface area contributed by atoms with Crippen LogP contribution in [-0.4, -0.2) is 18.4 Å². The summed E-state index contributed by atoms with van der Waals surface area (Å²) in [6.45, 7) is 2.20. The van der Waals surface area contributed by atoms with Crippen LogP contribution in [-0.2, 0) is 0 Å². The first kappa shape index (κ1) is 18.8. The van der Waals surface area contributed by atoms with E-state index in [2.05, 4.69) is 134 Å². The van der Waals surface area contributed by atoms with Crippen LogP contribution in [0.15, 0.2) is 127 Å². The fourth-order valence-corrected chi connectivity index (χ4v) is 18.6. The minimum atomic E-state index is -3.48. The molecule has 0 N–H and O–H groups in total. The quantitative estimate of drug-likeness (QED) is 0.370. The van der Waals surface area contributed by atoms with Crippen molar-refractivity contribution >= 4 is 32.7 Å². The van der Waals surface area contributed by atoms with E-state index in [-0.39, 0.29) is 0 Å². The van der Waals surface area contributed by atoms with Gasteiger partial charge in [-0.05, 0) is 0 Å². The van der Waals surface area contributed by atoms with Crippen molar-refractivity contribution in [3.63, 3.8) is 0 Å². The van der Waals surface area contributed by atoms with E-state index in [4.69, 9.17) is 0 Å². The summed E-state index contributed by atoms with van der Waals surface area (Å²) >= 11 is -3.48. The van der Waals surface area contributed by atoms with Crippen molar-refractivity contribution in [2.45, 2.75) is 6.92 Å². The number of allylic oxidation sites excluding steroid dienone is 1. The van der Waals surface area contributed by atoms with Crippen molar-refractivity contribution in [2.24, 2.45) is 0 Å². The summed E-state index contributed by atoms with van der Waals surface area (Å²) in [6.07, 6.45) is 2.36. The maximum atomic E-state index is 2.36. The molecular formula is C27H24Sn. The zero-order chi connectivity index (χ0) is 19.2. The third kappa shape index (κ3) is 3.33. The Morgan fingerprint density at radius 3 is 1.14 bits per heavy atom. The molecule has 0 nitrogen and oxygen atoms in total. The number of hydrogen-bond donors (Lipinski definition) is 0. The number of rotatable bonds is 5. The molecule has 4 aromatic rings. The number of benzene rings is 4. The fraction of sp³-hybridized carbons (Fsp3) is 0.0370. The van der Waals surface area contributed by atoms with E-state index < -0.39 is 18.4 Å². The zero-order valence-electron chi connectivity index (χ0n) is 16.1. The van der Waals surface area contributed by atoms with Crippen LogP contribution in [0, 0.1) is 0 Å². The second-order valence-electron chi connectivity index (χ2n) is 6.92. The molecule has 0 saturated carbocycles. The molecule has 0 fully saturated rings. The standard InChI is InChI=1S/C9H9.3C6H5.Sn/c1-2-6-9-7-4-3-5-8-9;3*1-2-4-6-5-3-1;/h2-5,7-8H,1H3;3*1-5H;. The molecule has 0 aromatic heterocycles. The van der Waals surface area contributed by atoms with Crippen molar-refractivity contribution in [1.82, 2.24) is 0 Å². The van der Waals surface area contributed by atoms with Gasteiger partial charge in [-0.1, -0.05) is 0 Å². The van der Waals surface area contributed by atoms with Gasteiger partial charge in [0, 0.05) is 0 Å². The number of hydrogen-bond acceptors (Lipinski definition) is 0. The Kier molecular flexibility index (Phi) is 5.78. The molecule has 4 aromatic carbocycles. The molecule has 0 radical (unpaired) electrons. The summed E-state index contributed by atoms with van der Waals surface area (Å²) in [7, 11) is 0. The fourth-order valence-electron chi connectivity index (χ4n) is 4.25.